The minimum absolute atomic E-state index is 0.0523. The van der Waals surface area contributed by atoms with Gasteiger partial charge in [0.25, 0.3) is 0 Å². The van der Waals surface area contributed by atoms with Gasteiger partial charge in [-0.25, -0.2) is 13.6 Å². The van der Waals surface area contributed by atoms with E-state index in [1.807, 2.05) is 19.1 Å². The smallest absolute Gasteiger partial charge is 0.348 e. The van der Waals surface area contributed by atoms with E-state index in [4.69, 9.17) is 11.6 Å². The Balaban J connectivity index is 1.93. The van der Waals surface area contributed by atoms with Crippen LogP contribution in [0.3, 0.4) is 0 Å². The molecule has 6 nitrogen and oxygen atoms in total. The lowest BCUT2D eigenvalue weighted by Gasteiger charge is -2.19. The van der Waals surface area contributed by atoms with Crippen LogP contribution in [0.2, 0.25) is 5.02 Å². The number of aryl methyl sites for hydroxylation is 1. The van der Waals surface area contributed by atoms with Gasteiger partial charge >= 0.3 is 5.69 Å². The second-order valence-electron chi connectivity index (χ2n) is 7.65. The highest BCUT2D eigenvalue weighted by Crippen LogP contribution is 2.28. The Bertz CT molecular complexity index is 1140. The van der Waals surface area contributed by atoms with E-state index in [-0.39, 0.29) is 23.0 Å². The maximum absolute atomic E-state index is 14.4. The number of carbonyl (C=O) groups excluding carboxylic acids is 1. The predicted molar refractivity (Wildman–Crippen MR) is 111 cm³/mol. The number of hydrogen-bond acceptors (Lipinski definition) is 3. The van der Waals surface area contributed by atoms with Crippen LogP contribution in [0.25, 0.3) is 17.1 Å². The van der Waals surface area contributed by atoms with E-state index in [0.717, 1.165) is 11.6 Å². The summed E-state index contributed by atoms with van der Waals surface area (Å²) in [5.74, 6) is -1.03. The zero-order valence-electron chi connectivity index (χ0n) is 16.7. The van der Waals surface area contributed by atoms with Crippen LogP contribution < -0.4 is 11.0 Å². The molecule has 158 valence electrons. The zero-order chi connectivity index (χ0) is 22.1. The van der Waals surface area contributed by atoms with Crippen molar-refractivity contribution in [3.05, 3.63) is 68.8 Å². The number of aromatic amines is 1. The van der Waals surface area contributed by atoms with E-state index < -0.39 is 29.5 Å². The van der Waals surface area contributed by atoms with E-state index in [2.05, 4.69) is 15.4 Å². The first-order valence-corrected chi connectivity index (χ1v) is 9.59. The normalized spacial score (nSPS) is 11.5. The van der Waals surface area contributed by atoms with Crippen molar-refractivity contribution < 1.29 is 13.6 Å². The molecule has 0 aliphatic heterocycles. The Morgan fingerprint density at radius 3 is 2.57 bits per heavy atom. The fourth-order valence-electron chi connectivity index (χ4n) is 2.69. The first-order valence-electron chi connectivity index (χ1n) is 9.21. The molecule has 1 aromatic heterocycles. The average Bonchev–Trinajstić information content (AvgIpc) is 3.09. The largest absolute Gasteiger partial charge is 0.351 e. The summed E-state index contributed by atoms with van der Waals surface area (Å²) in [5, 5.41) is 6.83. The third-order valence-electron chi connectivity index (χ3n) is 4.68. The molecule has 0 saturated heterocycles. The number of alkyl halides is 1. The van der Waals surface area contributed by atoms with E-state index in [0.29, 0.717) is 11.3 Å². The molecule has 2 N–H and O–H groups in total. The van der Waals surface area contributed by atoms with Crippen molar-refractivity contribution in [1.29, 1.82) is 0 Å². The topological polar surface area (TPSA) is 79.8 Å². The molecule has 2 aromatic carbocycles. The molecule has 0 saturated carbocycles. The van der Waals surface area contributed by atoms with E-state index in [9.17, 15) is 18.4 Å². The summed E-state index contributed by atoms with van der Waals surface area (Å²) >= 11 is 6.17. The lowest BCUT2D eigenvalue weighted by atomic mass is 9.94. The van der Waals surface area contributed by atoms with Crippen LogP contribution >= 0.6 is 11.6 Å². The molecule has 0 bridgehead atoms. The van der Waals surface area contributed by atoms with Crippen molar-refractivity contribution in [1.82, 2.24) is 20.1 Å². The zero-order valence-corrected chi connectivity index (χ0v) is 17.5. The first-order chi connectivity index (χ1) is 14.1. The fraction of sp³-hybridized carbons (Fsp3) is 0.286. The van der Waals surface area contributed by atoms with E-state index >= 15 is 0 Å². The maximum Gasteiger partial charge on any atom is 0.348 e. The average molecular weight is 435 g/mol. The van der Waals surface area contributed by atoms with Crippen molar-refractivity contribution in [2.24, 2.45) is 5.41 Å². The summed E-state index contributed by atoms with van der Waals surface area (Å²) < 4.78 is 28.5. The van der Waals surface area contributed by atoms with Gasteiger partial charge in [-0.05, 0) is 45.0 Å². The number of aromatic nitrogens is 3. The van der Waals surface area contributed by atoms with E-state index in [1.54, 1.807) is 12.1 Å². The van der Waals surface area contributed by atoms with Gasteiger partial charge in [-0.1, -0.05) is 29.3 Å². The molecule has 0 atom stereocenters. The third-order valence-corrected chi connectivity index (χ3v) is 4.99. The Morgan fingerprint density at radius 2 is 1.93 bits per heavy atom. The molecular weight excluding hydrogens is 414 g/mol. The molecule has 0 fully saturated rings. The molecule has 3 rings (SSSR count). The molecule has 0 unspecified atom stereocenters. The highest BCUT2D eigenvalue weighted by atomic mass is 35.5. The number of halogens is 3. The van der Waals surface area contributed by atoms with Gasteiger partial charge in [0.15, 0.2) is 5.82 Å². The lowest BCUT2D eigenvalue weighted by molar-refractivity contribution is -0.130. The number of rotatable bonds is 6. The van der Waals surface area contributed by atoms with Crippen LogP contribution in [0, 0.1) is 18.2 Å². The quantitative estimate of drug-likeness (QED) is 0.616. The van der Waals surface area contributed by atoms with Gasteiger partial charge < -0.3 is 5.32 Å². The summed E-state index contributed by atoms with van der Waals surface area (Å²) in [7, 11) is 0. The fourth-order valence-corrected chi connectivity index (χ4v) is 2.93. The second-order valence-corrected chi connectivity index (χ2v) is 8.06. The Kier molecular flexibility index (Phi) is 6.07. The summed E-state index contributed by atoms with van der Waals surface area (Å²) in [6, 6.07) is 9.68. The minimum Gasteiger partial charge on any atom is -0.351 e. The van der Waals surface area contributed by atoms with Gasteiger partial charge in [0, 0.05) is 17.7 Å². The molecule has 1 amide bonds. The maximum atomic E-state index is 14.4. The van der Waals surface area contributed by atoms with Crippen molar-refractivity contribution >= 4 is 17.5 Å². The van der Waals surface area contributed by atoms with Crippen molar-refractivity contribution in [2.75, 3.05) is 6.67 Å². The van der Waals surface area contributed by atoms with Crippen LogP contribution in [-0.4, -0.2) is 27.3 Å². The van der Waals surface area contributed by atoms with Crippen LogP contribution in [-0.2, 0) is 11.3 Å². The number of nitrogens with one attached hydrogen (secondary N) is 2. The van der Waals surface area contributed by atoms with E-state index in [1.165, 1.54) is 24.6 Å². The number of benzene rings is 2. The molecule has 9 heteroatoms. The van der Waals surface area contributed by atoms with Crippen LogP contribution in [0.15, 0.2) is 41.2 Å². The van der Waals surface area contributed by atoms with Crippen LogP contribution in [0.1, 0.15) is 25.0 Å². The Labute approximate surface area is 176 Å². The summed E-state index contributed by atoms with van der Waals surface area (Å²) in [6.45, 7) is 3.82. The molecule has 0 aliphatic rings. The van der Waals surface area contributed by atoms with Crippen molar-refractivity contribution in [3.63, 3.8) is 0 Å². The van der Waals surface area contributed by atoms with Gasteiger partial charge in [-0.3, -0.25) is 9.78 Å². The first kappa shape index (κ1) is 21.7. The third kappa shape index (κ3) is 4.43. The Hall–Kier alpha value is -3.00. The lowest BCUT2D eigenvalue weighted by Crippen LogP contribution is -2.38. The number of carbonyl (C=O) groups is 1. The number of amides is 1. The van der Waals surface area contributed by atoms with Gasteiger partial charge in [0.2, 0.25) is 5.91 Å². The summed E-state index contributed by atoms with van der Waals surface area (Å²) in [5.41, 5.74) is 0.329. The van der Waals surface area contributed by atoms with Crippen LogP contribution in [0.4, 0.5) is 8.78 Å². The van der Waals surface area contributed by atoms with Gasteiger partial charge in [-0.2, -0.15) is 4.68 Å². The SMILES string of the molecule is Cc1ccc(-n2nc(-c3cc(CNC(=O)C(C)(C)CF)c(F)cc3Cl)[nH]c2=O)cc1. The molecule has 0 radical (unpaired) electrons. The molecule has 1 heterocycles. The molecule has 30 heavy (non-hydrogen) atoms. The standard InChI is InChI=1S/C21H21ClF2N4O2/c1-12-4-6-14(7-5-12)28-20(30)26-18(27-28)15-8-13(17(24)9-16(15)22)10-25-19(29)21(2,3)11-23/h4-9H,10-11H2,1-3H3,(H,25,29)(H,26,27,30). The van der Waals surface area contributed by atoms with Crippen molar-refractivity contribution in [2.45, 2.75) is 27.3 Å². The van der Waals surface area contributed by atoms with Gasteiger partial charge in [0.1, 0.15) is 12.5 Å². The summed E-state index contributed by atoms with van der Waals surface area (Å²) in [4.78, 5) is 27.0. The van der Waals surface area contributed by atoms with Crippen molar-refractivity contribution in [3.8, 4) is 17.1 Å². The molecule has 0 aliphatic carbocycles. The number of hydrogen-bond donors (Lipinski definition) is 2. The van der Waals surface area contributed by atoms with Crippen LogP contribution in [0.5, 0.6) is 0 Å². The van der Waals surface area contributed by atoms with Gasteiger partial charge in [0.05, 0.1) is 16.1 Å². The minimum atomic E-state index is -1.22. The number of H-pyrrole nitrogens is 1. The molecule has 3 aromatic rings. The summed E-state index contributed by atoms with van der Waals surface area (Å²) in [6.07, 6.45) is 0. The molecule has 0 spiro atoms. The predicted octanol–water partition coefficient (Wildman–Crippen LogP) is 3.94. The van der Waals surface area contributed by atoms with Gasteiger partial charge in [-0.15, -0.1) is 5.10 Å². The monoisotopic (exact) mass is 434 g/mol. The highest BCUT2D eigenvalue weighted by molar-refractivity contribution is 6.33. The Morgan fingerprint density at radius 1 is 1.27 bits per heavy atom. The second kappa shape index (κ2) is 8.39. The number of nitrogens with zero attached hydrogens (tertiary/aromatic N) is 2. The highest BCUT2D eigenvalue weighted by Gasteiger charge is 2.27. The molecular formula is C21H21ClF2N4O2.